The monoisotopic (exact) mass is 350 g/mol. The van der Waals surface area contributed by atoms with Gasteiger partial charge in [0, 0.05) is 30.5 Å². The molecular formula is C20H22N4O2. The van der Waals surface area contributed by atoms with Gasteiger partial charge in [0.15, 0.2) is 11.5 Å². The number of aromatic nitrogens is 3. The van der Waals surface area contributed by atoms with Gasteiger partial charge in [-0.05, 0) is 31.4 Å². The van der Waals surface area contributed by atoms with E-state index in [0.717, 1.165) is 31.0 Å². The van der Waals surface area contributed by atoms with Crippen LogP contribution >= 0.6 is 0 Å². The minimum absolute atomic E-state index is 0.303. The van der Waals surface area contributed by atoms with Crippen LogP contribution in [0.4, 0.5) is 0 Å². The first-order valence-corrected chi connectivity index (χ1v) is 9.43. The van der Waals surface area contributed by atoms with Gasteiger partial charge in [-0.3, -0.25) is 4.90 Å². The van der Waals surface area contributed by atoms with E-state index in [4.69, 9.17) is 9.05 Å². The molecule has 4 heterocycles. The van der Waals surface area contributed by atoms with Crippen LogP contribution < -0.4 is 0 Å². The second-order valence-corrected chi connectivity index (χ2v) is 7.21. The smallest absolute Gasteiger partial charge is 0.280 e. The second kappa shape index (κ2) is 6.36. The molecule has 3 aromatic rings. The highest BCUT2D eigenvalue weighted by Gasteiger charge is 2.46. The Kier molecular flexibility index (Phi) is 3.85. The molecule has 134 valence electrons. The summed E-state index contributed by atoms with van der Waals surface area (Å²) >= 11 is 0. The number of fused-ring (bicyclic) bond motifs is 1. The summed E-state index contributed by atoms with van der Waals surface area (Å²) in [5, 5.41) is 8.35. The molecule has 0 amide bonds. The Morgan fingerprint density at radius 2 is 2.04 bits per heavy atom. The van der Waals surface area contributed by atoms with E-state index in [1.165, 1.54) is 18.4 Å². The summed E-state index contributed by atoms with van der Waals surface area (Å²) in [4.78, 5) is 7.30. The normalized spacial score (nSPS) is 25.7. The molecule has 1 aromatic carbocycles. The second-order valence-electron chi connectivity index (χ2n) is 7.21. The molecule has 2 saturated heterocycles. The van der Waals surface area contributed by atoms with Gasteiger partial charge in [-0.2, -0.15) is 4.98 Å². The molecule has 6 nitrogen and oxygen atoms in total. The fourth-order valence-corrected chi connectivity index (χ4v) is 4.52. The fraction of sp³-hybridized carbons (Fsp3) is 0.450. The lowest BCUT2D eigenvalue weighted by Gasteiger charge is -2.24. The maximum atomic E-state index is 5.51. The standard InChI is InChI=1S/C20H22N4O2/c1-2-14-11-16(22-25-14)20-21-19(23-26-20)15-12-18(13-7-4-3-5-8-13)24-10-6-9-17(15)24/h3-5,7-8,11,15,17-18H,2,6,9-10,12H2,1H3/t15-,17+,18-/m0/s1. The summed E-state index contributed by atoms with van der Waals surface area (Å²) in [6.07, 6.45) is 4.26. The van der Waals surface area contributed by atoms with Crippen molar-refractivity contribution in [3.8, 4) is 11.6 Å². The van der Waals surface area contributed by atoms with Crippen molar-refractivity contribution in [3.05, 3.63) is 53.5 Å². The maximum Gasteiger partial charge on any atom is 0.280 e. The number of nitrogens with zero attached hydrogens (tertiary/aromatic N) is 4. The van der Waals surface area contributed by atoms with E-state index < -0.39 is 0 Å². The van der Waals surface area contributed by atoms with Gasteiger partial charge in [-0.15, -0.1) is 0 Å². The molecule has 2 aromatic heterocycles. The highest BCUT2D eigenvalue weighted by atomic mass is 16.5. The molecule has 0 aliphatic carbocycles. The first-order valence-electron chi connectivity index (χ1n) is 9.43. The molecule has 2 aliphatic heterocycles. The predicted octanol–water partition coefficient (Wildman–Crippen LogP) is 3.98. The molecule has 0 bridgehead atoms. The molecule has 0 N–H and O–H groups in total. The van der Waals surface area contributed by atoms with E-state index in [1.807, 2.05) is 13.0 Å². The summed E-state index contributed by atoms with van der Waals surface area (Å²) in [6.45, 7) is 3.18. The first kappa shape index (κ1) is 15.8. The third-order valence-electron chi connectivity index (χ3n) is 5.77. The molecule has 0 unspecified atom stereocenters. The van der Waals surface area contributed by atoms with Crippen molar-refractivity contribution in [2.24, 2.45) is 0 Å². The Hall–Kier alpha value is -2.47. The van der Waals surface area contributed by atoms with Gasteiger partial charge >= 0.3 is 0 Å². The third-order valence-corrected chi connectivity index (χ3v) is 5.77. The Morgan fingerprint density at radius 1 is 1.15 bits per heavy atom. The molecule has 2 fully saturated rings. The highest BCUT2D eigenvalue weighted by molar-refractivity contribution is 5.46. The van der Waals surface area contributed by atoms with E-state index in [-0.39, 0.29) is 0 Å². The van der Waals surface area contributed by atoms with Crippen molar-refractivity contribution in [1.29, 1.82) is 0 Å². The molecule has 26 heavy (non-hydrogen) atoms. The molecule has 2 aliphatic rings. The van der Waals surface area contributed by atoms with Crippen molar-refractivity contribution in [3.63, 3.8) is 0 Å². The summed E-state index contributed by atoms with van der Waals surface area (Å²) in [7, 11) is 0. The Balaban J connectivity index is 1.43. The first-order chi connectivity index (χ1) is 12.8. The van der Waals surface area contributed by atoms with Gasteiger partial charge < -0.3 is 9.05 Å². The summed E-state index contributed by atoms with van der Waals surface area (Å²) in [5.41, 5.74) is 2.01. The van der Waals surface area contributed by atoms with Crippen LogP contribution in [0.1, 0.15) is 55.3 Å². The zero-order valence-corrected chi connectivity index (χ0v) is 14.8. The minimum atomic E-state index is 0.303. The van der Waals surface area contributed by atoms with E-state index >= 15 is 0 Å². The van der Waals surface area contributed by atoms with Gasteiger partial charge in [0.05, 0.1) is 0 Å². The van der Waals surface area contributed by atoms with Crippen molar-refractivity contribution in [2.45, 2.75) is 50.6 Å². The lowest BCUT2D eigenvalue weighted by Crippen LogP contribution is -2.27. The van der Waals surface area contributed by atoms with Crippen LogP contribution in [0.25, 0.3) is 11.6 Å². The van der Waals surface area contributed by atoms with E-state index in [9.17, 15) is 0 Å². The van der Waals surface area contributed by atoms with Crippen molar-refractivity contribution in [1.82, 2.24) is 20.2 Å². The van der Waals surface area contributed by atoms with Crippen LogP contribution in [-0.2, 0) is 6.42 Å². The lowest BCUT2D eigenvalue weighted by atomic mass is 9.94. The van der Waals surface area contributed by atoms with Crippen molar-refractivity contribution >= 4 is 0 Å². The molecule has 6 heteroatoms. The molecule has 5 rings (SSSR count). The zero-order chi connectivity index (χ0) is 17.5. The Morgan fingerprint density at radius 3 is 2.85 bits per heavy atom. The van der Waals surface area contributed by atoms with Crippen LogP contribution in [0.5, 0.6) is 0 Å². The number of hydrogen-bond donors (Lipinski definition) is 0. The fourth-order valence-electron chi connectivity index (χ4n) is 4.52. The van der Waals surface area contributed by atoms with Crippen molar-refractivity contribution < 1.29 is 9.05 Å². The average Bonchev–Trinajstić information content (AvgIpc) is 3.44. The number of benzene rings is 1. The molecular weight excluding hydrogens is 328 g/mol. The van der Waals surface area contributed by atoms with E-state index in [2.05, 4.69) is 50.5 Å². The van der Waals surface area contributed by atoms with Crippen LogP contribution in [-0.4, -0.2) is 32.8 Å². The molecule has 0 spiro atoms. The largest absolute Gasteiger partial charge is 0.361 e. The van der Waals surface area contributed by atoms with Gasteiger partial charge in [-0.25, -0.2) is 0 Å². The highest BCUT2D eigenvalue weighted by Crippen LogP contribution is 2.48. The third kappa shape index (κ3) is 2.56. The van der Waals surface area contributed by atoms with E-state index in [1.54, 1.807) is 0 Å². The van der Waals surface area contributed by atoms with Gasteiger partial charge in [-0.1, -0.05) is 47.6 Å². The van der Waals surface area contributed by atoms with Crippen molar-refractivity contribution in [2.75, 3.05) is 6.54 Å². The number of hydrogen-bond acceptors (Lipinski definition) is 6. The molecule has 3 atom stereocenters. The van der Waals surface area contributed by atoms with E-state index in [0.29, 0.717) is 29.6 Å². The average molecular weight is 350 g/mol. The van der Waals surface area contributed by atoms with Crippen LogP contribution in [0, 0.1) is 0 Å². The quantitative estimate of drug-likeness (QED) is 0.709. The Labute approximate surface area is 152 Å². The minimum Gasteiger partial charge on any atom is -0.361 e. The summed E-state index contributed by atoms with van der Waals surface area (Å²) in [6, 6.07) is 13.6. The molecule has 0 radical (unpaired) electrons. The summed E-state index contributed by atoms with van der Waals surface area (Å²) in [5.74, 6) is 2.39. The SMILES string of the molecule is CCc1cc(-c2nc([C@H]3C[C@@H](c4ccccc4)N4CCC[C@H]34)no2)no1. The zero-order valence-electron chi connectivity index (χ0n) is 14.8. The topological polar surface area (TPSA) is 68.2 Å². The lowest BCUT2D eigenvalue weighted by molar-refractivity contribution is 0.243. The van der Waals surface area contributed by atoms with Crippen LogP contribution in [0.15, 0.2) is 45.4 Å². The number of aryl methyl sites for hydroxylation is 1. The van der Waals surface area contributed by atoms with Gasteiger partial charge in [0.25, 0.3) is 5.89 Å². The molecule has 0 saturated carbocycles. The van der Waals surface area contributed by atoms with Crippen LogP contribution in [0.2, 0.25) is 0 Å². The number of rotatable bonds is 4. The van der Waals surface area contributed by atoms with Gasteiger partial charge in [0.1, 0.15) is 5.76 Å². The summed E-state index contributed by atoms with van der Waals surface area (Å²) < 4.78 is 10.8. The van der Waals surface area contributed by atoms with Gasteiger partial charge in [0.2, 0.25) is 0 Å². The van der Waals surface area contributed by atoms with Crippen LogP contribution in [0.3, 0.4) is 0 Å². The predicted molar refractivity (Wildman–Crippen MR) is 95.4 cm³/mol. The maximum absolute atomic E-state index is 5.51. The Bertz CT molecular complexity index is 888.